The first-order valence-electron chi connectivity index (χ1n) is 9.98. The molecule has 37 heavy (non-hydrogen) atoms. The van der Waals surface area contributed by atoms with Crippen LogP contribution in [-0.2, 0) is 14.6 Å². The summed E-state index contributed by atoms with van der Waals surface area (Å²) in [5, 5.41) is 3.01. The molecular weight excluding hydrogens is 557 g/mol. The number of halogens is 4. The Morgan fingerprint density at radius 2 is 2.00 bits per heavy atom. The smallest absolute Gasteiger partial charge is 0.349 e. The van der Waals surface area contributed by atoms with Crippen LogP contribution in [0.1, 0.15) is 10.4 Å². The van der Waals surface area contributed by atoms with Crippen molar-refractivity contribution in [2.45, 2.75) is 21.9 Å². The van der Waals surface area contributed by atoms with Crippen molar-refractivity contribution in [2.24, 2.45) is 10.8 Å². The van der Waals surface area contributed by atoms with Gasteiger partial charge in [-0.15, -0.1) is 6.42 Å². The molecule has 0 bridgehead atoms. The van der Waals surface area contributed by atoms with E-state index < -0.39 is 48.3 Å². The Morgan fingerprint density at radius 3 is 2.51 bits per heavy atom. The van der Waals surface area contributed by atoms with Crippen LogP contribution in [0.2, 0.25) is 5.02 Å². The van der Waals surface area contributed by atoms with E-state index in [0.29, 0.717) is 17.0 Å². The zero-order chi connectivity index (χ0) is 28.3. The lowest BCUT2D eigenvalue weighted by Crippen LogP contribution is -2.56. The van der Waals surface area contributed by atoms with Crippen molar-refractivity contribution >= 4 is 50.9 Å². The summed E-state index contributed by atoms with van der Waals surface area (Å²) in [5.41, 5.74) is -6.84. The van der Waals surface area contributed by atoms with Gasteiger partial charge in [-0.3, -0.25) is 14.6 Å². The molecule has 16 heteroatoms. The number of carbonyl (C=O) groups is 2. The topological polar surface area (TPSA) is 128 Å². The number of amides is 2. The van der Waals surface area contributed by atoms with Gasteiger partial charge in [-0.25, -0.2) is 19.3 Å². The normalized spacial score (nSPS) is 16.9. The SMILES string of the molecule is C#C[C@H](NC(=O)c1cc(Cl)cc(S(=O)(=O)C(F)(F)F)c1)C(=NC=C)N(N)C1SC(C(=O)N(C)C)=CN1C. The summed E-state index contributed by atoms with van der Waals surface area (Å²) >= 11 is 6.86. The number of amidine groups is 1. The van der Waals surface area contributed by atoms with Crippen molar-refractivity contribution in [3.63, 3.8) is 0 Å². The van der Waals surface area contributed by atoms with E-state index in [-0.39, 0.29) is 11.7 Å². The Balaban J connectivity index is 2.35. The standard InChI is InChI=1S/C21H22ClF3N6O4S2/c1-6-15(17(27-7-2)31(26)20-30(5)11-16(36-20)19(33)29(3)4)28-18(32)12-8-13(22)10-14(9-12)37(34,35)21(23,24)25/h1,7-11,15,20H,2,26H2,3-5H3,(H,28,32)/t15-,20?/m0/s1. The molecule has 10 nitrogen and oxygen atoms in total. The predicted molar refractivity (Wildman–Crippen MR) is 134 cm³/mol. The number of hydrogen-bond acceptors (Lipinski definition) is 8. The van der Waals surface area contributed by atoms with E-state index in [2.05, 4.69) is 22.8 Å². The molecule has 0 saturated carbocycles. The van der Waals surface area contributed by atoms with Gasteiger partial charge in [0, 0.05) is 44.1 Å². The summed E-state index contributed by atoms with van der Waals surface area (Å²) in [6.45, 7) is 3.49. The third-order valence-electron chi connectivity index (χ3n) is 4.69. The minimum Gasteiger partial charge on any atom is -0.349 e. The third kappa shape index (κ3) is 6.58. The molecule has 1 aromatic rings. The van der Waals surface area contributed by atoms with Crippen LogP contribution in [-0.4, -0.2) is 79.1 Å². The molecule has 0 saturated heterocycles. The Bertz CT molecular complexity index is 1310. The molecule has 0 spiro atoms. The first-order valence-corrected chi connectivity index (χ1v) is 12.7. The fourth-order valence-corrected chi connectivity index (χ4v) is 5.25. The van der Waals surface area contributed by atoms with Crippen molar-refractivity contribution in [3.05, 3.63) is 52.7 Å². The van der Waals surface area contributed by atoms with Crippen LogP contribution in [0.3, 0.4) is 0 Å². The first kappa shape index (κ1) is 30.0. The number of likely N-dealkylation sites (N-methyl/N-ethyl adjacent to an activating group) is 1. The number of nitrogens with zero attached hydrogens (tertiary/aromatic N) is 4. The van der Waals surface area contributed by atoms with E-state index in [1.807, 2.05) is 0 Å². The van der Waals surface area contributed by atoms with E-state index in [4.69, 9.17) is 23.9 Å². The summed E-state index contributed by atoms with van der Waals surface area (Å²) in [4.78, 5) is 31.3. The molecule has 1 unspecified atom stereocenters. The molecule has 0 radical (unpaired) electrons. The van der Waals surface area contributed by atoms with E-state index >= 15 is 0 Å². The quantitative estimate of drug-likeness (QED) is 0.165. The molecule has 1 aliphatic heterocycles. The number of hydrogen-bond donors (Lipinski definition) is 2. The number of aliphatic imine (C=N–C) groups is 1. The van der Waals surface area contributed by atoms with Crippen LogP contribution in [0.25, 0.3) is 0 Å². The van der Waals surface area contributed by atoms with Crippen LogP contribution >= 0.6 is 23.4 Å². The summed E-state index contributed by atoms with van der Waals surface area (Å²) < 4.78 is 62.6. The van der Waals surface area contributed by atoms with Gasteiger partial charge in [-0.2, -0.15) is 13.2 Å². The zero-order valence-electron chi connectivity index (χ0n) is 19.7. The molecule has 1 heterocycles. The Kier molecular flexibility index (Phi) is 9.31. The van der Waals surface area contributed by atoms with Gasteiger partial charge >= 0.3 is 5.51 Å². The van der Waals surface area contributed by atoms with Crippen LogP contribution < -0.4 is 11.2 Å². The predicted octanol–water partition coefficient (Wildman–Crippen LogP) is 1.97. The molecule has 2 rings (SSSR count). The summed E-state index contributed by atoms with van der Waals surface area (Å²) in [7, 11) is -0.989. The van der Waals surface area contributed by atoms with Crippen molar-refractivity contribution in [1.82, 2.24) is 20.1 Å². The highest BCUT2D eigenvalue weighted by Crippen LogP contribution is 2.34. The van der Waals surface area contributed by atoms with E-state index in [1.54, 1.807) is 32.2 Å². The van der Waals surface area contributed by atoms with Gasteiger partial charge in [0.05, 0.1) is 9.80 Å². The molecule has 0 aliphatic carbocycles. The number of alkyl halides is 3. The molecule has 0 aromatic heterocycles. The summed E-state index contributed by atoms with van der Waals surface area (Å²) in [6.07, 6.45) is 8.23. The average Bonchev–Trinajstić information content (AvgIpc) is 3.20. The number of nitrogens with two attached hydrogens (primary N) is 1. The number of sulfone groups is 1. The molecule has 1 aliphatic rings. The molecule has 0 fully saturated rings. The lowest BCUT2D eigenvalue weighted by atomic mass is 10.2. The number of nitrogens with one attached hydrogen (secondary N) is 1. The van der Waals surface area contributed by atoms with Gasteiger partial charge in [0.25, 0.3) is 21.7 Å². The lowest BCUT2D eigenvalue weighted by Gasteiger charge is -2.33. The number of thioether (sulfide) groups is 1. The van der Waals surface area contributed by atoms with Crippen LogP contribution in [0, 0.1) is 12.3 Å². The van der Waals surface area contributed by atoms with E-state index in [9.17, 15) is 31.2 Å². The second-order valence-corrected chi connectivity index (χ2v) is 11.1. The molecule has 2 atom stereocenters. The maximum absolute atomic E-state index is 13.0. The second kappa shape index (κ2) is 11.5. The zero-order valence-corrected chi connectivity index (χ0v) is 22.0. The van der Waals surface area contributed by atoms with Gasteiger partial charge in [0.1, 0.15) is 6.04 Å². The van der Waals surface area contributed by atoms with Crippen molar-refractivity contribution < 1.29 is 31.2 Å². The molecule has 3 N–H and O–H groups in total. The fourth-order valence-electron chi connectivity index (χ4n) is 2.93. The van der Waals surface area contributed by atoms with Crippen LogP contribution in [0.15, 0.2) is 52.0 Å². The van der Waals surface area contributed by atoms with Gasteiger partial charge in [-0.1, -0.05) is 35.9 Å². The third-order valence-corrected chi connectivity index (χ3v) is 7.68. The molecule has 2 amide bonds. The highest BCUT2D eigenvalue weighted by molar-refractivity contribution is 8.04. The highest BCUT2D eigenvalue weighted by atomic mass is 35.5. The summed E-state index contributed by atoms with van der Waals surface area (Å²) in [5.74, 6) is 7.07. The van der Waals surface area contributed by atoms with Gasteiger partial charge in [-0.05, 0) is 18.2 Å². The monoisotopic (exact) mass is 578 g/mol. The lowest BCUT2D eigenvalue weighted by molar-refractivity contribution is -0.124. The first-order chi connectivity index (χ1) is 17.0. The number of rotatable bonds is 7. The largest absolute Gasteiger partial charge is 0.501 e. The number of benzene rings is 1. The van der Waals surface area contributed by atoms with Crippen LogP contribution in [0.5, 0.6) is 0 Å². The number of terminal acetylenes is 1. The molecule has 1 aromatic carbocycles. The van der Waals surface area contributed by atoms with Crippen molar-refractivity contribution in [1.29, 1.82) is 0 Å². The van der Waals surface area contributed by atoms with Crippen LogP contribution in [0.4, 0.5) is 13.2 Å². The maximum atomic E-state index is 13.0. The minimum absolute atomic E-state index is 0.104. The van der Waals surface area contributed by atoms with Gasteiger partial charge < -0.3 is 15.1 Å². The molecular formula is C21H22ClF3N6O4S2. The maximum Gasteiger partial charge on any atom is 0.501 e. The Labute approximate surface area is 220 Å². The van der Waals surface area contributed by atoms with Crippen molar-refractivity contribution in [3.8, 4) is 12.3 Å². The second-order valence-electron chi connectivity index (χ2n) is 7.58. The summed E-state index contributed by atoms with van der Waals surface area (Å²) in [6, 6.07) is 0.707. The number of carbonyl (C=O) groups excluding carboxylic acids is 2. The minimum atomic E-state index is -5.78. The number of hydrazine groups is 1. The Morgan fingerprint density at radius 1 is 1.38 bits per heavy atom. The van der Waals surface area contributed by atoms with E-state index in [1.165, 1.54) is 4.90 Å². The Hall–Kier alpha value is -3.19. The fraction of sp³-hybridized carbons (Fsp3) is 0.286. The van der Waals surface area contributed by atoms with Crippen molar-refractivity contribution in [2.75, 3.05) is 21.1 Å². The van der Waals surface area contributed by atoms with E-state index in [0.717, 1.165) is 29.0 Å². The van der Waals surface area contributed by atoms with Gasteiger partial charge in [0.2, 0.25) is 0 Å². The molecule has 200 valence electrons. The average molecular weight is 579 g/mol. The highest BCUT2D eigenvalue weighted by Gasteiger charge is 2.47. The van der Waals surface area contributed by atoms with Gasteiger partial charge in [0.15, 0.2) is 11.3 Å².